The van der Waals surface area contributed by atoms with Crippen molar-refractivity contribution < 1.29 is 4.74 Å². The van der Waals surface area contributed by atoms with Crippen LogP contribution in [0.2, 0.25) is 0 Å². The Morgan fingerprint density at radius 3 is 3.00 bits per heavy atom. The van der Waals surface area contributed by atoms with Crippen molar-refractivity contribution in [3.63, 3.8) is 0 Å². The van der Waals surface area contributed by atoms with Gasteiger partial charge in [0.2, 0.25) is 0 Å². The van der Waals surface area contributed by atoms with E-state index in [0.717, 1.165) is 37.8 Å². The van der Waals surface area contributed by atoms with Gasteiger partial charge in [0, 0.05) is 31.1 Å². The monoisotopic (exact) mass is 196 g/mol. The normalized spacial score (nSPS) is 40.3. The van der Waals surface area contributed by atoms with Gasteiger partial charge in [-0.15, -0.1) is 0 Å². The summed E-state index contributed by atoms with van der Waals surface area (Å²) in [5, 5.41) is 3.48. The molecular formula is C11H20N2O. The lowest BCUT2D eigenvalue weighted by molar-refractivity contribution is 0.100. The number of hydrogen-bond acceptors (Lipinski definition) is 3. The second-order valence-electron chi connectivity index (χ2n) is 4.86. The Labute approximate surface area is 85.8 Å². The summed E-state index contributed by atoms with van der Waals surface area (Å²) in [5.74, 6) is 0.742. The lowest BCUT2D eigenvalue weighted by atomic mass is 9.93. The van der Waals surface area contributed by atoms with Crippen LogP contribution in [0.1, 0.15) is 19.3 Å². The predicted molar refractivity (Wildman–Crippen MR) is 55.3 cm³/mol. The van der Waals surface area contributed by atoms with Crippen molar-refractivity contribution in [3.8, 4) is 0 Å². The number of nitrogens with zero attached hydrogens (tertiary/aromatic N) is 1. The van der Waals surface area contributed by atoms with Crippen molar-refractivity contribution in [2.24, 2.45) is 5.92 Å². The summed E-state index contributed by atoms with van der Waals surface area (Å²) in [5.41, 5.74) is 0. The lowest BCUT2D eigenvalue weighted by Gasteiger charge is -2.37. The second kappa shape index (κ2) is 3.80. The van der Waals surface area contributed by atoms with Gasteiger partial charge >= 0.3 is 0 Å². The van der Waals surface area contributed by atoms with Crippen LogP contribution in [-0.2, 0) is 4.74 Å². The average Bonchev–Trinajstić information content (AvgIpc) is 3.03. The molecule has 3 aliphatic rings. The molecule has 14 heavy (non-hydrogen) atoms. The van der Waals surface area contributed by atoms with Crippen molar-refractivity contribution in [3.05, 3.63) is 0 Å². The minimum atomic E-state index is 0.742. The Morgan fingerprint density at radius 2 is 2.14 bits per heavy atom. The van der Waals surface area contributed by atoms with Crippen molar-refractivity contribution in [2.45, 2.75) is 31.3 Å². The van der Waals surface area contributed by atoms with Gasteiger partial charge in [0.15, 0.2) is 0 Å². The summed E-state index contributed by atoms with van der Waals surface area (Å²) in [6, 6.07) is 1.72. The van der Waals surface area contributed by atoms with Gasteiger partial charge in [-0.2, -0.15) is 0 Å². The Hall–Kier alpha value is -0.120. The van der Waals surface area contributed by atoms with E-state index < -0.39 is 0 Å². The van der Waals surface area contributed by atoms with Crippen LogP contribution < -0.4 is 5.32 Å². The highest BCUT2D eigenvalue weighted by Crippen LogP contribution is 2.33. The molecule has 3 heteroatoms. The van der Waals surface area contributed by atoms with Crippen molar-refractivity contribution in [1.82, 2.24) is 10.2 Å². The van der Waals surface area contributed by atoms with Crippen LogP contribution in [0.3, 0.4) is 0 Å². The summed E-state index contributed by atoms with van der Waals surface area (Å²) in [6.07, 6.45) is 4.18. The smallest absolute Gasteiger partial charge is 0.0593 e. The molecule has 2 heterocycles. The Bertz CT molecular complexity index is 205. The van der Waals surface area contributed by atoms with E-state index in [9.17, 15) is 0 Å². The highest BCUT2D eigenvalue weighted by atomic mass is 16.5. The quantitative estimate of drug-likeness (QED) is 0.659. The molecule has 2 atom stereocenters. The van der Waals surface area contributed by atoms with E-state index in [0.29, 0.717) is 0 Å². The number of rotatable bonds is 1. The van der Waals surface area contributed by atoms with Crippen LogP contribution >= 0.6 is 0 Å². The topological polar surface area (TPSA) is 24.5 Å². The molecule has 0 aromatic carbocycles. The molecule has 0 radical (unpaired) electrons. The van der Waals surface area contributed by atoms with Crippen LogP contribution in [-0.4, -0.2) is 49.8 Å². The van der Waals surface area contributed by atoms with Crippen molar-refractivity contribution >= 4 is 0 Å². The van der Waals surface area contributed by atoms with Crippen LogP contribution in [0.15, 0.2) is 0 Å². The van der Waals surface area contributed by atoms with Gasteiger partial charge in [0.05, 0.1) is 13.2 Å². The molecule has 3 nitrogen and oxygen atoms in total. The SMILES string of the molecule is C1C[C@H]2[C@H](CN1)COCCN2C1CC1. The van der Waals surface area contributed by atoms with Crippen LogP contribution in [0.4, 0.5) is 0 Å². The summed E-state index contributed by atoms with van der Waals surface area (Å²) in [6.45, 7) is 5.45. The largest absolute Gasteiger partial charge is 0.380 e. The maximum absolute atomic E-state index is 5.69. The number of fused-ring (bicyclic) bond motifs is 1. The van der Waals surface area contributed by atoms with Gasteiger partial charge in [0.1, 0.15) is 0 Å². The summed E-state index contributed by atoms with van der Waals surface area (Å²) in [7, 11) is 0. The zero-order valence-corrected chi connectivity index (χ0v) is 8.74. The van der Waals surface area contributed by atoms with E-state index in [1.165, 1.54) is 32.4 Å². The third-order valence-electron chi connectivity index (χ3n) is 3.84. The third-order valence-corrected chi connectivity index (χ3v) is 3.84. The van der Waals surface area contributed by atoms with Gasteiger partial charge in [-0.3, -0.25) is 4.90 Å². The predicted octanol–water partition coefficient (Wildman–Crippen LogP) is 0.459. The minimum absolute atomic E-state index is 0.742. The number of nitrogens with one attached hydrogen (secondary N) is 1. The van der Waals surface area contributed by atoms with Gasteiger partial charge in [-0.05, 0) is 25.8 Å². The molecule has 2 aliphatic heterocycles. The lowest BCUT2D eigenvalue weighted by Crippen LogP contribution is -2.50. The molecular weight excluding hydrogens is 176 g/mol. The highest BCUT2D eigenvalue weighted by Gasteiger charge is 2.39. The fourth-order valence-electron chi connectivity index (χ4n) is 2.95. The number of piperidine rings is 1. The molecule has 0 unspecified atom stereocenters. The van der Waals surface area contributed by atoms with E-state index in [-0.39, 0.29) is 0 Å². The summed E-state index contributed by atoms with van der Waals surface area (Å²) < 4.78 is 5.69. The Morgan fingerprint density at radius 1 is 1.21 bits per heavy atom. The highest BCUT2D eigenvalue weighted by molar-refractivity contribution is 4.94. The summed E-state index contributed by atoms with van der Waals surface area (Å²) >= 11 is 0. The molecule has 0 aromatic heterocycles. The first-order valence-corrected chi connectivity index (χ1v) is 5.99. The van der Waals surface area contributed by atoms with Crippen molar-refractivity contribution in [2.75, 3.05) is 32.8 Å². The fraction of sp³-hybridized carbons (Fsp3) is 1.00. The molecule has 80 valence electrons. The number of ether oxygens (including phenoxy) is 1. The molecule has 0 spiro atoms. The zero-order valence-electron chi connectivity index (χ0n) is 8.74. The molecule has 0 amide bonds. The maximum atomic E-state index is 5.69. The van der Waals surface area contributed by atoms with Crippen LogP contribution in [0.25, 0.3) is 0 Å². The standard InChI is InChI=1S/C11H20N2O/c1-2-10(1)13-5-6-14-8-9-7-12-4-3-11(9)13/h9-12H,1-8H2/t9-,11+/m1/s1. The van der Waals surface area contributed by atoms with E-state index >= 15 is 0 Å². The van der Waals surface area contributed by atoms with Gasteiger partial charge < -0.3 is 10.1 Å². The number of hydrogen-bond donors (Lipinski definition) is 1. The second-order valence-corrected chi connectivity index (χ2v) is 4.86. The maximum Gasteiger partial charge on any atom is 0.0593 e. The van der Waals surface area contributed by atoms with Crippen LogP contribution in [0, 0.1) is 5.92 Å². The molecule has 1 saturated carbocycles. The molecule has 3 fully saturated rings. The Kier molecular flexibility index (Phi) is 2.48. The fourth-order valence-corrected chi connectivity index (χ4v) is 2.95. The third kappa shape index (κ3) is 1.69. The van der Waals surface area contributed by atoms with Crippen LogP contribution in [0.5, 0.6) is 0 Å². The Balaban J connectivity index is 1.74. The van der Waals surface area contributed by atoms with Gasteiger partial charge in [-0.25, -0.2) is 0 Å². The van der Waals surface area contributed by atoms with Crippen molar-refractivity contribution in [1.29, 1.82) is 0 Å². The average molecular weight is 196 g/mol. The molecule has 0 aromatic rings. The van der Waals surface area contributed by atoms with E-state index in [4.69, 9.17) is 4.74 Å². The molecule has 0 bridgehead atoms. The van der Waals surface area contributed by atoms with Gasteiger partial charge in [-0.1, -0.05) is 0 Å². The van der Waals surface area contributed by atoms with E-state index in [1.54, 1.807) is 0 Å². The first kappa shape index (κ1) is 9.13. The molecule has 2 saturated heterocycles. The molecule has 1 aliphatic carbocycles. The summed E-state index contributed by atoms with van der Waals surface area (Å²) in [4.78, 5) is 2.73. The van der Waals surface area contributed by atoms with E-state index in [2.05, 4.69) is 10.2 Å². The zero-order chi connectivity index (χ0) is 9.38. The molecule has 1 N–H and O–H groups in total. The first-order valence-electron chi connectivity index (χ1n) is 5.99. The van der Waals surface area contributed by atoms with Gasteiger partial charge in [0.25, 0.3) is 0 Å². The molecule has 3 rings (SSSR count). The minimum Gasteiger partial charge on any atom is -0.380 e. The van der Waals surface area contributed by atoms with E-state index in [1.807, 2.05) is 0 Å². The first-order chi connectivity index (χ1) is 6.95.